The summed E-state index contributed by atoms with van der Waals surface area (Å²) < 4.78 is 4.48. The molecule has 15 heavy (non-hydrogen) atoms. The van der Waals surface area contributed by atoms with E-state index in [0.29, 0.717) is 0 Å². The maximum atomic E-state index is 5.33. The summed E-state index contributed by atoms with van der Waals surface area (Å²) in [6.45, 7) is 2.08. The largest absolute Gasteiger partial charge is 0.272 e. The molecule has 0 spiro atoms. The van der Waals surface area contributed by atoms with Gasteiger partial charge in [-0.05, 0) is 24.4 Å². The molecule has 0 saturated carbocycles. The fourth-order valence-electron chi connectivity index (χ4n) is 1.58. The predicted octanol–water partition coefficient (Wildman–Crippen LogP) is 2.50. The topological polar surface area (TPSA) is 22.8 Å². The molecule has 0 fully saturated rings. The van der Waals surface area contributed by atoms with Gasteiger partial charge in [-0.3, -0.25) is 4.57 Å². The molecule has 0 unspecified atom stereocenters. The van der Waals surface area contributed by atoms with Crippen molar-refractivity contribution in [1.29, 1.82) is 0 Å². The van der Waals surface area contributed by atoms with Gasteiger partial charge in [-0.25, -0.2) is 4.68 Å². The van der Waals surface area contributed by atoms with Gasteiger partial charge in [-0.2, -0.15) is 5.10 Å². The second-order valence-corrected chi connectivity index (χ2v) is 3.71. The molecule has 78 valence electrons. The summed E-state index contributed by atoms with van der Waals surface area (Å²) in [5, 5.41) is 4.38. The number of aromatic nitrogens is 3. The molecule has 0 atom stereocenters. The fraction of sp³-hybridized carbons (Fsp3) is 0.273. The normalized spacial score (nSPS) is 10.5. The molecule has 0 aliphatic carbocycles. The van der Waals surface area contributed by atoms with Gasteiger partial charge in [-0.1, -0.05) is 25.1 Å². The quantitative estimate of drug-likeness (QED) is 0.724. The van der Waals surface area contributed by atoms with Gasteiger partial charge in [0.25, 0.3) is 0 Å². The molecule has 0 saturated heterocycles. The van der Waals surface area contributed by atoms with Crippen LogP contribution in [0.25, 0.3) is 5.69 Å². The summed E-state index contributed by atoms with van der Waals surface area (Å²) in [5.74, 6) is 0.994. The Balaban J connectivity index is 2.67. The molecule has 0 aliphatic heterocycles. The van der Waals surface area contributed by atoms with Crippen molar-refractivity contribution < 1.29 is 0 Å². The lowest BCUT2D eigenvalue weighted by Crippen LogP contribution is -1.99. The molecule has 0 radical (unpaired) electrons. The van der Waals surface area contributed by atoms with E-state index in [2.05, 4.69) is 12.0 Å². The van der Waals surface area contributed by atoms with Crippen LogP contribution < -0.4 is 0 Å². The number of aryl methyl sites for hydroxylation is 2. The second-order valence-electron chi connectivity index (χ2n) is 3.35. The van der Waals surface area contributed by atoms with Crippen molar-refractivity contribution in [3.63, 3.8) is 0 Å². The molecule has 0 N–H and O–H groups in total. The summed E-state index contributed by atoms with van der Waals surface area (Å²) in [4.78, 5) is 0. The molecule has 0 amide bonds. The second kappa shape index (κ2) is 3.98. The lowest BCUT2D eigenvalue weighted by Gasteiger charge is -2.03. The number of benzene rings is 1. The minimum Gasteiger partial charge on any atom is -0.272 e. The van der Waals surface area contributed by atoms with Crippen molar-refractivity contribution in [1.82, 2.24) is 14.3 Å². The van der Waals surface area contributed by atoms with Gasteiger partial charge >= 0.3 is 0 Å². The summed E-state index contributed by atoms with van der Waals surface area (Å²) in [7, 11) is 1.88. The van der Waals surface area contributed by atoms with Crippen molar-refractivity contribution >= 4 is 12.2 Å². The molecule has 1 aromatic carbocycles. The molecular weight excluding hydrogens is 206 g/mol. The van der Waals surface area contributed by atoms with Gasteiger partial charge in [-0.15, -0.1) is 0 Å². The van der Waals surface area contributed by atoms with Crippen LogP contribution in [-0.2, 0) is 13.5 Å². The van der Waals surface area contributed by atoms with Crippen LogP contribution in [0.15, 0.2) is 30.3 Å². The van der Waals surface area contributed by atoms with Crippen molar-refractivity contribution in [2.24, 2.45) is 7.05 Å². The minimum atomic E-state index is 0.734. The molecule has 1 aromatic heterocycles. The molecule has 0 bridgehead atoms. The minimum absolute atomic E-state index is 0.734. The fourth-order valence-corrected chi connectivity index (χ4v) is 1.83. The highest BCUT2D eigenvalue weighted by molar-refractivity contribution is 7.71. The van der Waals surface area contributed by atoms with Crippen LogP contribution in [-0.4, -0.2) is 14.3 Å². The highest BCUT2D eigenvalue weighted by Gasteiger charge is 2.07. The lowest BCUT2D eigenvalue weighted by molar-refractivity contribution is 0.737. The van der Waals surface area contributed by atoms with E-state index < -0.39 is 0 Å². The Morgan fingerprint density at radius 3 is 2.53 bits per heavy atom. The number of nitrogens with zero attached hydrogens (tertiary/aromatic N) is 3. The van der Waals surface area contributed by atoms with Crippen LogP contribution in [0.5, 0.6) is 0 Å². The Hall–Kier alpha value is -1.42. The summed E-state index contributed by atoms with van der Waals surface area (Å²) in [6, 6.07) is 10.1. The van der Waals surface area contributed by atoms with Gasteiger partial charge in [0.05, 0.1) is 0 Å². The van der Waals surface area contributed by atoms with Crippen LogP contribution in [0, 0.1) is 4.77 Å². The van der Waals surface area contributed by atoms with Crippen LogP contribution in [0.3, 0.4) is 0 Å². The first-order valence-corrected chi connectivity index (χ1v) is 5.35. The number of para-hydroxylation sites is 1. The van der Waals surface area contributed by atoms with Crippen LogP contribution in [0.2, 0.25) is 0 Å². The number of rotatable bonds is 2. The predicted molar refractivity (Wildman–Crippen MR) is 62.7 cm³/mol. The van der Waals surface area contributed by atoms with E-state index in [1.54, 1.807) is 4.68 Å². The number of hydrogen-bond acceptors (Lipinski definition) is 2. The van der Waals surface area contributed by atoms with Gasteiger partial charge in [0.1, 0.15) is 5.82 Å². The van der Waals surface area contributed by atoms with Crippen molar-refractivity contribution in [3.8, 4) is 5.69 Å². The third kappa shape index (κ3) is 1.72. The van der Waals surface area contributed by atoms with E-state index in [9.17, 15) is 0 Å². The van der Waals surface area contributed by atoms with Crippen LogP contribution >= 0.6 is 12.2 Å². The monoisotopic (exact) mass is 219 g/mol. The maximum absolute atomic E-state index is 5.33. The third-order valence-electron chi connectivity index (χ3n) is 2.32. The molecule has 1 heterocycles. The molecule has 2 rings (SSSR count). The van der Waals surface area contributed by atoms with Crippen molar-refractivity contribution in [2.45, 2.75) is 13.3 Å². The first-order chi connectivity index (χ1) is 7.24. The summed E-state index contributed by atoms with van der Waals surface area (Å²) >= 11 is 5.33. The van der Waals surface area contributed by atoms with Crippen molar-refractivity contribution in [3.05, 3.63) is 40.9 Å². The molecule has 0 aliphatic rings. The van der Waals surface area contributed by atoms with E-state index in [1.807, 2.05) is 41.9 Å². The van der Waals surface area contributed by atoms with Crippen molar-refractivity contribution in [2.75, 3.05) is 0 Å². The zero-order chi connectivity index (χ0) is 10.8. The Labute approximate surface area is 94.0 Å². The van der Waals surface area contributed by atoms with Crippen LogP contribution in [0.4, 0.5) is 0 Å². The summed E-state index contributed by atoms with van der Waals surface area (Å²) in [6.07, 6.45) is 0.874. The van der Waals surface area contributed by atoms with E-state index in [1.165, 1.54) is 0 Å². The molecular formula is C11H13N3S. The van der Waals surface area contributed by atoms with E-state index >= 15 is 0 Å². The number of hydrogen-bond donors (Lipinski definition) is 0. The first-order valence-electron chi connectivity index (χ1n) is 4.94. The van der Waals surface area contributed by atoms with Crippen LogP contribution in [0.1, 0.15) is 12.7 Å². The van der Waals surface area contributed by atoms with Gasteiger partial charge in [0.15, 0.2) is 0 Å². The smallest absolute Gasteiger partial charge is 0.202 e. The lowest BCUT2D eigenvalue weighted by atomic mass is 10.3. The Morgan fingerprint density at radius 2 is 1.93 bits per heavy atom. The van der Waals surface area contributed by atoms with Gasteiger partial charge in [0.2, 0.25) is 4.77 Å². The average Bonchev–Trinajstić information content (AvgIpc) is 2.56. The first kappa shape index (κ1) is 10.1. The van der Waals surface area contributed by atoms with E-state index in [0.717, 1.165) is 22.7 Å². The SMILES string of the molecule is CCc1nn(C)c(=S)n1-c1ccccc1. The molecule has 2 aromatic rings. The Kier molecular flexibility index (Phi) is 2.68. The van der Waals surface area contributed by atoms with Gasteiger partial charge in [0, 0.05) is 19.2 Å². The highest BCUT2D eigenvalue weighted by atomic mass is 32.1. The highest BCUT2D eigenvalue weighted by Crippen LogP contribution is 2.11. The van der Waals surface area contributed by atoms with E-state index in [-0.39, 0.29) is 0 Å². The zero-order valence-corrected chi connectivity index (χ0v) is 9.66. The third-order valence-corrected chi connectivity index (χ3v) is 2.77. The average molecular weight is 219 g/mol. The standard InChI is InChI=1S/C11H13N3S/c1-3-10-12-13(2)11(15)14(10)9-7-5-4-6-8-9/h4-8H,3H2,1-2H3. The summed E-state index contributed by atoms with van der Waals surface area (Å²) in [5.41, 5.74) is 1.08. The zero-order valence-electron chi connectivity index (χ0n) is 8.84. The molecule has 4 heteroatoms. The van der Waals surface area contributed by atoms with E-state index in [4.69, 9.17) is 12.2 Å². The Bertz CT molecular complexity index is 510. The van der Waals surface area contributed by atoms with Gasteiger partial charge < -0.3 is 0 Å². The Morgan fingerprint density at radius 1 is 1.27 bits per heavy atom. The molecule has 3 nitrogen and oxygen atoms in total. The maximum Gasteiger partial charge on any atom is 0.202 e.